The number of esters is 6. The number of sulfonamides is 5. The van der Waals surface area contributed by atoms with Gasteiger partial charge in [0.15, 0.2) is 50.1 Å². The van der Waals surface area contributed by atoms with Gasteiger partial charge in [0, 0.05) is 76.7 Å². The molecule has 0 bridgehead atoms. The Hall–Kier alpha value is -3.93. The Balaban J connectivity index is 0.000000874. The Morgan fingerprint density at radius 1 is 0.317 bits per heavy atom. The number of rotatable bonds is 33. The average molecular weight is 3340 g/mol. The van der Waals surface area contributed by atoms with Gasteiger partial charge < -0.3 is 87.4 Å². The summed E-state index contributed by atoms with van der Waals surface area (Å²) in [4.78, 5) is 147. The molecule has 40 nitrogen and oxygen atoms in total. The molecule has 0 aliphatic rings. The summed E-state index contributed by atoms with van der Waals surface area (Å²) in [6.07, 6.45) is 0. The second-order valence-corrected chi connectivity index (χ2v) is 45.6. The number of methoxy groups -OCH3 is 1. The zero-order valence-electron chi connectivity index (χ0n) is 70.8. The Morgan fingerprint density at radius 3 is 0.763 bits per heavy atom. The molecule has 139 heavy (non-hydrogen) atoms. The number of carbonyl (C=O) groups excluding carboxylic acids is 12. The molecule has 0 aliphatic heterocycles. The van der Waals surface area contributed by atoms with Crippen molar-refractivity contribution < 1.29 is 199 Å². The van der Waals surface area contributed by atoms with Crippen LogP contribution in [0, 0.1) is 39.3 Å². The highest BCUT2D eigenvalue weighted by molar-refractivity contribution is 14.1. The van der Waals surface area contributed by atoms with Gasteiger partial charge in [0.1, 0.15) is 22.6 Å². The van der Waals surface area contributed by atoms with Gasteiger partial charge in [-0.2, -0.15) is 65.9 Å². The van der Waals surface area contributed by atoms with Gasteiger partial charge in [-0.05, 0) is 285 Å². The molecule has 0 unspecified atom stereocenters. The van der Waals surface area contributed by atoms with Crippen molar-refractivity contribution in [1.82, 2.24) is 0 Å². The molecule has 71 heteroatoms. The molecule has 3 N–H and O–H groups in total. The van der Waals surface area contributed by atoms with E-state index in [2.05, 4.69) is 49.0 Å². The van der Waals surface area contributed by atoms with E-state index >= 15 is 0 Å². The molecule has 6 amide bonds. The number of benzene rings is 5. The van der Waals surface area contributed by atoms with Gasteiger partial charge in [-0.1, -0.05) is 0 Å². The Kier molecular flexibility index (Phi) is 54.6. The fraction of sp³-hybridized carbons (Fsp3) is 0.382. The molecule has 0 saturated heterocycles. The fourth-order valence-corrected chi connectivity index (χ4v) is 25.7. The van der Waals surface area contributed by atoms with E-state index in [0.29, 0.717) is 42.1 Å². The first-order valence-corrected chi connectivity index (χ1v) is 54.5. The summed E-state index contributed by atoms with van der Waals surface area (Å²) >= 11 is 20.4. The molecule has 5 rings (SSSR count). The average Bonchev–Trinajstić information content (AvgIpc) is 0.667. The molecule has 780 valence electrons. The number of halogens is 26. The third kappa shape index (κ3) is 40.2. The number of alkyl halides is 15. The predicted molar refractivity (Wildman–Crippen MR) is 558 cm³/mol. The van der Waals surface area contributed by atoms with Gasteiger partial charge in [-0.3, -0.25) is 33.6 Å². The first-order chi connectivity index (χ1) is 63.1. The lowest BCUT2D eigenvalue weighted by Gasteiger charge is -2.27. The molecule has 5 aromatic rings. The van der Waals surface area contributed by atoms with Crippen molar-refractivity contribution in [2.24, 2.45) is 0 Å². The number of anilines is 6. The number of hydrogen-bond donors (Lipinski definition) is 3. The highest BCUT2D eigenvalue weighted by Crippen LogP contribution is 2.46. The van der Waals surface area contributed by atoms with E-state index in [1.165, 1.54) is 109 Å². The second kappa shape index (κ2) is 57.0. The summed E-state index contributed by atoms with van der Waals surface area (Å²) in [5, 5.41) is 7.66. The molecule has 0 atom stereocenters. The smallest absolute Gasteiger partial charge is 0.480 e. The van der Waals surface area contributed by atoms with Gasteiger partial charge >= 0.3 is 63.4 Å². The quantitative estimate of drug-likeness (QED) is 0.00877. The summed E-state index contributed by atoms with van der Waals surface area (Å²) in [6, 6.07) is 8.80. The van der Waals surface area contributed by atoms with Gasteiger partial charge in [0.25, 0.3) is 0 Å². The van der Waals surface area contributed by atoms with Crippen molar-refractivity contribution in [2.45, 2.75) is 76.0 Å². The highest BCUT2D eigenvalue weighted by Gasteiger charge is 2.43. The van der Waals surface area contributed by atoms with Crippen molar-refractivity contribution in [2.75, 3.05) is 125 Å². The number of hydrogen-bond acceptors (Lipinski definition) is 29. The topological polar surface area (TPSA) is 556 Å². The first-order valence-electron chi connectivity index (χ1n) is 35.4. The summed E-state index contributed by atoms with van der Waals surface area (Å²) in [6.45, 7) is 0.752. The van der Waals surface area contributed by atoms with Crippen LogP contribution in [-0.2, 0) is 107 Å². The van der Waals surface area contributed by atoms with Crippen molar-refractivity contribution in [3.8, 4) is 11.5 Å². The highest BCUT2D eigenvalue weighted by atomic mass is 127. The molecular weight excluding hydrogens is 3280 g/mol. The zero-order chi connectivity index (χ0) is 108. The second-order valence-electron chi connectivity index (χ2n) is 25.0. The number of carbonyl (C=O) groups is 12. The number of amides is 6. The van der Waals surface area contributed by atoms with E-state index in [1.54, 1.807) is 102 Å². The van der Waals surface area contributed by atoms with Gasteiger partial charge in [-0.25, -0.2) is 66.1 Å². The lowest BCUT2D eigenvalue weighted by Crippen LogP contribution is -2.30. The molecule has 0 saturated carbocycles. The van der Waals surface area contributed by atoms with Crippen LogP contribution in [0.1, 0.15) is 100 Å². The Labute approximate surface area is 929 Å². The van der Waals surface area contributed by atoms with Crippen LogP contribution in [0.2, 0.25) is 0 Å². The van der Waals surface area contributed by atoms with Gasteiger partial charge in [0.2, 0.25) is 35.4 Å². The minimum absolute atomic E-state index is 0.0310. The molecule has 0 spiro atoms. The zero-order valence-corrected chi connectivity index (χ0v) is 98.6. The maximum Gasteiger partial charge on any atom is 0.480 e. The summed E-state index contributed by atoms with van der Waals surface area (Å²) in [7, 11) is -22.5. The molecule has 0 heterocycles. The van der Waals surface area contributed by atoms with Crippen molar-refractivity contribution in [3.05, 3.63) is 127 Å². The maximum atomic E-state index is 12.8. The van der Waals surface area contributed by atoms with Gasteiger partial charge in [0.05, 0.1) is 123 Å². The first kappa shape index (κ1) is 133. The molecule has 0 aromatic heterocycles. The normalized spacial score (nSPS) is 11.8. The lowest BCUT2D eigenvalue weighted by molar-refractivity contribution is -0.132. The van der Waals surface area contributed by atoms with Crippen LogP contribution in [0.3, 0.4) is 0 Å². The summed E-state index contributed by atoms with van der Waals surface area (Å²) < 4.78 is 342. The monoisotopic (exact) mass is 3340 g/mol. The minimum Gasteiger partial charge on any atom is -0.538 e. The largest absolute Gasteiger partial charge is 0.538 e. The molecule has 0 radical (unpaired) electrons. The van der Waals surface area contributed by atoms with Crippen LogP contribution in [0.5, 0.6) is 11.5 Å². The van der Waals surface area contributed by atoms with E-state index in [-0.39, 0.29) is 84.8 Å². The predicted octanol–water partition coefficient (Wildman–Crippen LogP) is 16.7. The van der Waals surface area contributed by atoms with E-state index in [0.717, 1.165) is 10.5 Å². The third-order valence-corrected chi connectivity index (χ3v) is 31.4. The molecular formula is C68H62F15I11N11O29S5-5. The Bertz CT molecular complexity index is 6020. The van der Waals surface area contributed by atoms with E-state index in [9.17, 15) is 165 Å². The van der Waals surface area contributed by atoms with E-state index < -0.39 is 197 Å². The molecule has 0 aliphatic carbocycles. The van der Waals surface area contributed by atoms with E-state index in [1.807, 2.05) is 158 Å². The fourth-order valence-electron chi connectivity index (χ4n) is 8.66. The van der Waals surface area contributed by atoms with Crippen molar-refractivity contribution in [1.29, 1.82) is 0 Å². The van der Waals surface area contributed by atoms with Crippen LogP contribution < -0.4 is 40.1 Å². The van der Waals surface area contributed by atoms with E-state index in [4.69, 9.17) is 23.7 Å². The Morgan fingerprint density at radius 2 is 0.532 bits per heavy atom. The number of nitrogens with zero attached hydrogens (tertiary/aromatic N) is 8. The number of ether oxygens (including phenoxy) is 7. The van der Waals surface area contributed by atoms with Crippen LogP contribution in [0.4, 0.5) is 100.0 Å². The SMILES string of the molecule is CC(=O)N(C)c1c(I)c(C(=O)OCC[N-]S(=O)(=O)C(F)(F)F)c(I)c(N(C)C(C)=O)c1I.CC(=O)Nc1c(I)c(C(=O)OCC[N-]S(=O)(=O)C(F)(F)F)c(I)c(N(C)C(C)=O)c1I.CC(=O)Nc1c(I)c(NC(C)=O)c(I)c(C(=O)OCC[N-]S(=O)(=O)C(F)(F)F)c1I.CC(=O)Oc1cc(I)ccc1C(=O)OCC[N-]S(=O)(=O)C(F)(F)F.COc1cc(I)ccc1C(=O)OCC[N-]S(=O)(=O)C(F)(F)F. The maximum absolute atomic E-state index is 12.8. The van der Waals surface area contributed by atoms with Crippen molar-refractivity contribution in [3.63, 3.8) is 0 Å². The summed E-state index contributed by atoms with van der Waals surface area (Å²) in [5.74, 6) is -7.76. The van der Waals surface area contributed by atoms with Crippen LogP contribution in [0.15, 0.2) is 36.4 Å². The van der Waals surface area contributed by atoms with Crippen LogP contribution >= 0.6 is 248 Å². The van der Waals surface area contributed by atoms with Gasteiger partial charge in [-0.15, -0.1) is 32.7 Å². The van der Waals surface area contributed by atoms with Crippen LogP contribution in [-0.4, -0.2) is 235 Å². The van der Waals surface area contributed by atoms with Crippen molar-refractivity contribution >= 4 is 404 Å². The minimum atomic E-state index is -5.70. The number of nitrogens with one attached hydrogen (secondary N) is 3. The third-order valence-electron chi connectivity index (χ3n) is 15.0. The molecule has 5 aromatic carbocycles. The molecule has 0 fully saturated rings. The lowest BCUT2D eigenvalue weighted by atomic mass is 10.1. The van der Waals surface area contributed by atoms with Crippen LogP contribution in [0.25, 0.3) is 23.6 Å². The standard InChI is InChI=1S/C16H16F3I3N3O6S.C15H14F3I3N3O6S.C14H12F3I3N3O6S.C12H10F3INO6S.C11H10F3INO5S/c1-7(26)24(3)13-10(20)9(11(21)14(12(13)22)25(4)8(2)27)15(28)31-6-5-23-32(29,30)16(17,18)19;1-6(25)23-12-9(19)8(10(20)13(11(12)21)24(3)7(2)26)14(27)30-5-4-22-31(28,29)15(16,17)18;1-5(24)22-11-8(18)7(9(19)12(10(11)20)23-6(2)25)13(26)29-4-3-21-30(27,28)14(15,16)17;1-7(18)23-10-6-8(16)2-3-9(10)11(19)22-5-4-17-24(20,21)12(13,14)15;1-20-9-6-7(15)2-3-8(9)10(17)21-5-4-16-22(18,19)11(12,13)14/h5-6H2,1-4H3;4-5H2,1-3H3,(H,23,25);3-4H2,1-2H3,(H,22,24)(H,23,25);2-3,6H,4-5H2,1H3;2-3,6H,4-5H2,1H3/q5*-1. The summed E-state index contributed by atoms with van der Waals surface area (Å²) in [5.41, 5.74) is -26.1.